The monoisotopic (exact) mass is 380 g/mol. The van der Waals surface area contributed by atoms with Crippen LogP contribution in [0.15, 0.2) is 53.3 Å². The van der Waals surface area contributed by atoms with Crippen LogP contribution in [0, 0.1) is 0 Å². The molecule has 0 radical (unpaired) electrons. The average molecular weight is 380 g/mol. The van der Waals surface area contributed by atoms with Crippen molar-refractivity contribution in [3.8, 4) is 28.6 Å². The summed E-state index contributed by atoms with van der Waals surface area (Å²) < 4.78 is 16.2. The van der Waals surface area contributed by atoms with Crippen LogP contribution in [0.2, 0.25) is 0 Å². The molecule has 0 atom stereocenters. The maximum atomic E-state index is 11.9. The number of hydrogen-bond acceptors (Lipinski definition) is 7. The maximum absolute atomic E-state index is 11.9. The van der Waals surface area contributed by atoms with Crippen molar-refractivity contribution in [3.05, 3.63) is 48.8 Å². The van der Waals surface area contributed by atoms with Crippen molar-refractivity contribution in [2.24, 2.45) is 0 Å². The van der Waals surface area contributed by atoms with Crippen molar-refractivity contribution >= 4 is 5.91 Å². The first kappa shape index (κ1) is 18.1. The third-order valence-corrected chi connectivity index (χ3v) is 4.49. The molecule has 3 aromatic rings. The van der Waals surface area contributed by atoms with Gasteiger partial charge in [-0.15, -0.1) is 0 Å². The number of amides is 1. The molecule has 28 heavy (non-hydrogen) atoms. The predicted octanol–water partition coefficient (Wildman–Crippen LogP) is 2.42. The van der Waals surface area contributed by atoms with Gasteiger partial charge in [0.25, 0.3) is 5.89 Å². The summed E-state index contributed by atoms with van der Waals surface area (Å²) >= 11 is 0. The number of ether oxygens (including phenoxy) is 2. The molecule has 2 aromatic heterocycles. The van der Waals surface area contributed by atoms with E-state index in [-0.39, 0.29) is 12.0 Å². The molecule has 0 saturated carbocycles. The van der Waals surface area contributed by atoms with Crippen molar-refractivity contribution in [1.29, 1.82) is 0 Å². The van der Waals surface area contributed by atoms with Gasteiger partial charge in [0.15, 0.2) is 0 Å². The SMILES string of the molecule is COCCC(=O)N1CC(Oc2ccc(-c3noc(-c4ccncc4)n3)cc2)C1. The minimum atomic E-state index is 0.0146. The second-order valence-electron chi connectivity index (χ2n) is 6.46. The summed E-state index contributed by atoms with van der Waals surface area (Å²) in [5.74, 6) is 1.80. The summed E-state index contributed by atoms with van der Waals surface area (Å²) in [6, 6.07) is 11.1. The Morgan fingerprint density at radius 3 is 2.61 bits per heavy atom. The van der Waals surface area contributed by atoms with Crippen LogP contribution in [0.25, 0.3) is 22.8 Å². The molecule has 0 aliphatic carbocycles. The fourth-order valence-electron chi connectivity index (χ4n) is 2.89. The minimum absolute atomic E-state index is 0.0146. The molecule has 0 spiro atoms. The van der Waals surface area contributed by atoms with Crippen LogP contribution in [0.1, 0.15) is 6.42 Å². The Morgan fingerprint density at radius 1 is 1.14 bits per heavy atom. The van der Waals surface area contributed by atoms with Gasteiger partial charge < -0.3 is 18.9 Å². The number of hydrogen-bond donors (Lipinski definition) is 0. The Hall–Kier alpha value is -3.26. The van der Waals surface area contributed by atoms with Crippen molar-refractivity contribution < 1.29 is 18.8 Å². The average Bonchev–Trinajstić information content (AvgIpc) is 3.20. The van der Waals surface area contributed by atoms with Crippen molar-refractivity contribution in [2.75, 3.05) is 26.8 Å². The molecule has 1 saturated heterocycles. The normalized spacial score (nSPS) is 14.0. The molecule has 4 rings (SSSR count). The molecular formula is C20H20N4O4. The van der Waals surface area contributed by atoms with Gasteiger partial charge in [0.05, 0.1) is 26.1 Å². The molecule has 8 nitrogen and oxygen atoms in total. The van der Waals surface area contributed by atoms with Crippen LogP contribution < -0.4 is 4.74 Å². The number of likely N-dealkylation sites (tertiary alicyclic amines) is 1. The molecule has 1 amide bonds. The zero-order chi connectivity index (χ0) is 19.3. The molecule has 1 fully saturated rings. The van der Waals surface area contributed by atoms with E-state index in [1.54, 1.807) is 24.4 Å². The Balaban J connectivity index is 1.33. The molecule has 3 heterocycles. The minimum Gasteiger partial charge on any atom is -0.487 e. The predicted molar refractivity (Wildman–Crippen MR) is 100 cm³/mol. The van der Waals surface area contributed by atoms with E-state index in [9.17, 15) is 4.79 Å². The highest BCUT2D eigenvalue weighted by molar-refractivity contribution is 5.77. The second-order valence-corrected chi connectivity index (χ2v) is 6.46. The first-order valence-electron chi connectivity index (χ1n) is 9.01. The van der Waals surface area contributed by atoms with Gasteiger partial charge in [-0.05, 0) is 36.4 Å². The van der Waals surface area contributed by atoms with Crippen LogP contribution in [0.4, 0.5) is 0 Å². The van der Waals surface area contributed by atoms with Gasteiger partial charge in [0, 0.05) is 30.6 Å². The number of pyridine rings is 1. The van der Waals surface area contributed by atoms with Crippen LogP contribution >= 0.6 is 0 Å². The quantitative estimate of drug-likeness (QED) is 0.622. The van der Waals surface area contributed by atoms with E-state index in [1.807, 2.05) is 36.4 Å². The van der Waals surface area contributed by atoms with Gasteiger partial charge >= 0.3 is 0 Å². The van der Waals surface area contributed by atoms with Crippen molar-refractivity contribution in [3.63, 3.8) is 0 Å². The van der Waals surface area contributed by atoms with E-state index in [4.69, 9.17) is 14.0 Å². The zero-order valence-corrected chi connectivity index (χ0v) is 15.4. The first-order valence-corrected chi connectivity index (χ1v) is 9.01. The Labute approximate surface area is 162 Å². The highest BCUT2D eigenvalue weighted by Gasteiger charge is 2.31. The molecule has 144 valence electrons. The first-order chi connectivity index (χ1) is 13.7. The molecule has 1 aromatic carbocycles. The van der Waals surface area contributed by atoms with E-state index in [2.05, 4.69) is 15.1 Å². The number of aromatic nitrogens is 3. The summed E-state index contributed by atoms with van der Waals surface area (Å²) in [4.78, 5) is 22.0. The van der Waals surface area contributed by atoms with Gasteiger partial charge in [-0.2, -0.15) is 4.98 Å². The lowest BCUT2D eigenvalue weighted by Crippen LogP contribution is -2.56. The highest BCUT2D eigenvalue weighted by atomic mass is 16.5. The second kappa shape index (κ2) is 8.18. The van der Waals surface area contributed by atoms with E-state index in [1.165, 1.54) is 0 Å². The summed E-state index contributed by atoms with van der Waals surface area (Å²) in [5.41, 5.74) is 1.66. The largest absolute Gasteiger partial charge is 0.487 e. The van der Waals surface area contributed by atoms with Gasteiger partial charge in [-0.3, -0.25) is 9.78 Å². The highest BCUT2D eigenvalue weighted by Crippen LogP contribution is 2.25. The van der Waals surface area contributed by atoms with Crippen LogP contribution in [0.3, 0.4) is 0 Å². The Morgan fingerprint density at radius 2 is 1.89 bits per heavy atom. The third kappa shape index (κ3) is 4.01. The lowest BCUT2D eigenvalue weighted by Gasteiger charge is -2.39. The molecule has 1 aliphatic heterocycles. The summed E-state index contributed by atoms with van der Waals surface area (Å²) in [6.07, 6.45) is 3.78. The van der Waals surface area contributed by atoms with Crippen LogP contribution in [0.5, 0.6) is 5.75 Å². The number of methoxy groups -OCH3 is 1. The van der Waals surface area contributed by atoms with E-state index in [0.717, 1.165) is 16.9 Å². The number of carbonyl (C=O) groups excluding carboxylic acids is 1. The van der Waals surface area contributed by atoms with Crippen molar-refractivity contribution in [2.45, 2.75) is 12.5 Å². The van der Waals surface area contributed by atoms with Gasteiger partial charge in [-0.25, -0.2) is 0 Å². The third-order valence-electron chi connectivity index (χ3n) is 4.49. The topological polar surface area (TPSA) is 90.6 Å². The van der Waals surface area contributed by atoms with E-state index >= 15 is 0 Å². The van der Waals surface area contributed by atoms with Gasteiger partial charge in [0.2, 0.25) is 11.7 Å². The lowest BCUT2D eigenvalue weighted by atomic mass is 10.1. The Kier molecular flexibility index (Phi) is 5.29. The van der Waals surface area contributed by atoms with Crippen LogP contribution in [-0.4, -0.2) is 58.8 Å². The van der Waals surface area contributed by atoms with Crippen LogP contribution in [-0.2, 0) is 9.53 Å². The Bertz CT molecular complexity index is 921. The fraction of sp³-hybridized carbons (Fsp3) is 0.300. The number of benzene rings is 1. The van der Waals surface area contributed by atoms with E-state index < -0.39 is 0 Å². The molecular weight excluding hydrogens is 360 g/mol. The van der Waals surface area contributed by atoms with Gasteiger partial charge in [0.1, 0.15) is 11.9 Å². The molecule has 0 bridgehead atoms. The van der Waals surface area contributed by atoms with Gasteiger partial charge in [-0.1, -0.05) is 5.16 Å². The van der Waals surface area contributed by atoms with E-state index in [0.29, 0.717) is 37.8 Å². The summed E-state index contributed by atoms with van der Waals surface area (Å²) in [6.45, 7) is 1.65. The van der Waals surface area contributed by atoms with Crippen molar-refractivity contribution in [1.82, 2.24) is 20.0 Å². The number of carbonyl (C=O) groups is 1. The fourth-order valence-corrected chi connectivity index (χ4v) is 2.89. The standard InChI is InChI=1S/C20H20N4O4/c1-26-11-8-18(25)24-12-17(13-24)27-16-4-2-14(3-5-16)19-22-20(28-23-19)15-6-9-21-10-7-15/h2-7,9-10,17H,8,11-13H2,1H3. The summed E-state index contributed by atoms with van der Waals surface area (Å²) in [7, 11) is 1.59. The molecule has 0 unspecified atom stereocenters. The molecule has 8 heteroatoms. The number of nitrogens with zero attached hydrogens (tertiary/aromatic N) is 4. The summed E-state index contributed by atoms with van der Waals surface area (Å²) in [5, 5.41) is 4.03. The number of rotatable bonds is 7. The lowest BCUT2D eigenvalue weighted by molar-refractivity contribution is -0.140. The smallest absolute Gasteiger partial charge is 0.258 e. The molecule has 1 aliphatic rings. The maximum Gasteiger partial charge on any atom is 0.258 e. The zero-order valence-electron chi connectivity index (χ0n) is 15.4. The molecule has 0 N–H and O–H groups in total.